The van der Waals surface area contributed by atoms with Gasteiger partial charge >= 0.3 is 5.97 Å². The number of aromatic nitrogens is 1. The molecule has 0 amide bonds. The molecule has 0 spiro atoms. The molecule has 0 atom stereocenters. The minimum absolute atomic E-state index is 0.100. The van der Waals surface area contributed by atoms with Crippen LogP contribution in [0, 0.1) is 11.3 Å². The summed E-state index contributed by atoms with van der Waals surface area (Å²) >= 11 is 0. The van der Waals surface area contributed by atoms with Crippen molar-refractivity contribution in [1.82, 2.24) is 4.98 Å². The van der Waals surface area contributed by atoms with Gasteiger partial charge in [0.2, 0.25) is 0 Å². The highest BCUT2D eigenvalue weighted by molar-refractivity contribution is 5.70. The van der Waals surface area contributed by atoms with Crippen LogP contribution in [-0.2, 0) is 4.79 Å². The van der Waals surface area contributed by atoms with E-state index in [1.165, 1.54) is 0 Å². The Kier molecular flexibility index (Phi) is 4.23. The van der Waals surface area contributed by atoms with Crippen molar-refractivity contribution in [2.75, 3.05) is 11.9 Å². The summed E-state index contributed by atoms with van der Waals surface area (Å²) in [6.45, 7) is 0. The van der Waals surface area contributed by atoms with E-state index in [1.807, 2.05) is 11.9 Å². The van der Waals surface area contributed by atoms with Crippen LogP contribution in [0.15, 0.2) is 18.5 Å². The normalized spacial score (nSPS) is 17.2. The van der Waals surface area contributed by atoms with E-state index in [0.29, 0.717) is 5.56 Å². The van der Waals surface area contributed by atoms with Gasteiger partial charge in [-0.25, -0.2) is 0 Å². The summed E-state index contributed by atoms with van der Waals surface area (Å²) in [7, 11) is 1.88. The monoisotopic (exact) mass is 273 g/mol. The third-order valence-electron chi connectivity index (χ3n) is 4.26. The third-order valence-corrected chi connectivity index (χ3v) is 4.26. The molecule has 1 fully saturated rings. The number of hydrogen-bond acceptors (Lipinski definition) is 4. The first kappa shape index (κ1) is 14.3. The number of carboxylic acids is 1. The van der Waals surface area contributed by atoms with Gasteiger partial charge in [-0.05, 0) is 18.9 Å². The Labute approximate surface area is 118 Å². The maximum absolute atomic E-state index is 11.3. The minimum Gasteiger partial charge on any atom is -0.481 e. The molecule has 1 aliphatic carbocycles. The first-order chi connectivity index (χ1) is 9.59. The molecule has 1 aromatic rings. The first-order valence-electron chi connectivity index (χ1n) is 6.89. The van der Waals surface area contributed by atoms with E-state index in [9.17, 15) is 15.2 Å². The second-order valence-electron chi connectivity index (χ2n) is 5.42. The maximum atomic E-state index is 11.3. The fourth-order valence-corrected chi connectivity index (χ4v) is 3.13. The number of hydrogen-bond donors (Lipinski definition) is 1. The molecule has 0 radical (unpaired) electrons. The second-order valence-corrected chi connectivity index (χ2v) is 5.42. The standard InChI is InChI=1S/C15H19N3O2/c1-18(13-11-17-8-5-12(13)10-16)15(9-14(19)20)6-3-2-4-7-15/h5,8,11H,2-4,6-7,9H2,1H3,(H,19,20). The molecule has 1 heterocycles. The molecule has 2 rings (SSSR count). The van der Waals surface area contributed by atoms with Crippen LogP contribution in [0.2, 0.25) is 0 Å². The lowest BCUT2D eigenvalue weighted by Crippen LogP contribution is -2.50. The summed E-state index contributed by atoms with van der Waals surface area (Å²) < 4.78 is 0. The van der Waals surface area contributed by atoms with Gasteiger partial charge in [-0.3, -0.25) is 9.78 Å². The van der Waals surface area contributed by atoms with Gasteiger partial charge < -0.3 is 10.0 Å². The van der Waals surface area contributed by atoms with Gasteiger partial charge in [-0.15, -0.1) is 0 Å². The highest BCUT2D eigenvalue weighted by atomic mass is 16.4. The molecule has 106 valence electrons. The molecule has 0 bridgehead atoms. The largest absolute Gasteiger partial charge is 0.481 e. The van der Waals surface area contributed by atoms with Gasteiger partial charge in [0.1, 0.15) is 6.07 Å². The molecule has 20 heavy (non-hydrogen) atoms. The lowest BCUT2D eigenvalue weighted by molar-refractivity contribution is -0.138. The minimum atomic E-state index is -0.791. The van der Waals surface area contributed by atoms with Crippen molar-refractivity contribution in [3.05, 3.63) is 24.0 Å². The Bertz CT molecular complexity index is 530. The first-order valence-corrected chi connectivity index (χ1v) is 6.89. The molecule has 0 aliphatic heterocycles. The molecular formula is C15H19N3O2. The molecule has 5 nitrogen and oxygen atoms in total. The van der Waals surface area contributed by atoms with Gasteiger partial charge in [0, 0.05) is 13.2 Å². The highest BCUT2D eigenvalue weighted by Gasteiger charge is 2.39. The highest BCUT2D eigenvalue weighted by Crippen LogP contribution is 2.39. The lowest BCUT2D eigenvalue weighted by Gasteiger charge is -2.45. The third kappa shape index (κ3) is 2.74. The molecule has 0 aromatic carbocycles. The van der Waals surface area contributed by atoms with Crippen LogP contribution in [-0.4, -0.2) is 28.6 Å². The van der Waals surface area contributed by atoms with E-state index in [0.717, 1.165) is 37.8 Å². The van der Waals surface area contributed by atoms with Crippen LogP contribution >= 0.6 is 0 Å². The van der Waals surface area contributed by atoms with Crippen LogP contribution in [0.3, 0.4) is 0 Å². The topological polar surface area (TPSA) is 77.2 Å². The fourth-order valence-electron chi connectivity index (χ4n) is 3.13. The molecule has 1 N–H and O–H groups in total. The maximum Gasteiger partial charge on any atom is 0.305 e. The Morgan fingerprint density at radius 1 is 1.50 bits per heavy atom. The molecule has 1 aliphatic rings. The number of rotatable bonds is 4. The summed E-state index contributed by atoms with van der Waals surface area (Å²) in [5.41, 5.74) is 0.856. The summed E-state index contributed by atoms with van der Waals surface area (Å²) in [6, 6.07) is 3.83. The number of carbonyl (C=O) groups is 1. The molecule has 0 unspecified atom stereocenters. The zero-order chi connectivity index (χ0) is 14.6. The fraction of sp³-hybridized carbons (Fsp3) is 0.533. The molecule has 0 saturated heterocycles. The van der Waals surface area contributed by atoms with Crippen LogP contribution in [0.1, 0.15) is 44.1 Å². The number of pyridine rings is 1. The van der Waals surface area contributed by atoms with E-state index in [1.54, 1.807) is 18.5 Å². The number of aliphatic carboxylic acids is 1. The quantitative estimate of drug-likeness (QED) is 0.912. The van der Waals surface area contributed by atoms with Crippen molar-refractivity contribution in [3.8, 4) is 6.07 Å². The van der Waals surface area contributed by atoms with Gasteiger partial charge in [-0.2, -0.15) is 5.26 Å². The average molecular weight is 273 g/mol. The number of nitrogens with zero attached hydrogens (tertiary/aromatic N) is 3. The van der Waals surface area contributed by atoms with E-state index in [4.69, 9.17) is 0 Å². The van der Waals surface area contributed by atoms with Crippen molar-refractivity contribution >= 4 is 11.7 Å². The molecule has 1 aromatic heterocycles. The predicted octanol–water partition coefficient (Wildman–Crippen LogP) is 2.57. The van der Waals surface area contributed by atoms with E-state index < -0.39 is 11.5 Å². The van der Waals surface area contributed by atoms with E-state index in [-0.39, 0.29) is 6.42 Å². The molecular weight excluding hydrogens is 254 g/mol. The van der Waals surface area contributed by atoms with Gasteiger partial charge in [-0.1, -0.05) is 19.3 Å². The zero-order valence-corrected chi connectivity index (χ0v) is 11.7. The van der Waals surface area contributed by atoms with Crippen molar-refractivity contribution < 1.29 is 9.90 Å². The summed E-state index contributed by atoms with van der Waals surface area (Å²) in [5.74, 6) is -0.791. The van der Waals surface area contributed by atoms with Crippen LogP contribution < -0.4 is 4.90 Å². The smallest absolute Gasteiger partial charge is 0.305 e. The van der Waals surface area contributed by atoms with Crippen LogP contribution in [0.5, 0.6) is 0 Å². The number of carboxylic acid groups (broad SMARTS) is 1. The number of anilines is 1. The second kappa shape index (κ2) is 5.91. The summed E-state index contributed by atoms with van der Waals surface area (Å²) in [6.07, 6.45) is 8.22. The Morgan fingerprint density at radius 2 is 2.20 bits per heavy atom. The lowest BCUT2D eigenvalue weighted by atomic mass is 9.77. The Balaban J connectivity index is 2.38. The van der Waals surface area contributed by atoms with Crippen LogP contribution in [0.25, 0.3) is 0 Å². The molecule has 1 saturated carbocycles. The summed E-state index contributed by atoms with van der Waals surface area (Å²) in [4.78, 5) is 17.3. The number of nitriles is 1. The predicted molar refractivity (Wildman–Crippen MR) is 75.4 cm³/mol. The Morgan fingerprint density at radius 3 is 2.80 bits per heavy atom. The van der Waals surface area contributed by atoms with Crippen molar-refractivity contribution in [2.45, 2.75) is 44.1 Å². The van der Waals surface area contributed by atoms with Crippen molar-refractivity contribution in [3.63, 3.8) is 0 Å². The van der Waals surface area contributed by atoms with Gasteiger partial charge in [0.05, 0.1) is 29.4 Å². The van der Waals surface area contributed by atoms with Crippen LogP contribution in [0.4, 0.5) is 5.69 Å². The van der Waals surface area contributed by atoms with Crippen molar-refractivity contribution in [1.29, 1.82) is 5.26 Å². The van der Waals surface area contributed by atoms with E-state index >= 15 is 0 Å². The molecule has 5 heteroatoms. The average Bonchev–Trinajstić information content (AvgIpc) is 2.46. The van der Waals surface area contributed by atoms with E-state index in [2.05, 4.69) is 11.1 Å². The zero-order valence-electron chi connectivity index (χ0n) is 11.7. The van der Waals surface area contributed by atoms with Gasteiger partial charge in [0.25, 0.3) is 0 Å². The SMILES string of the molecule is CN(c1cnccc1C#N)C1(CC(=O)O)CCCCC1. The van der Waals surface area contributed by atoms with Gasteiger partial charge in [0.15, 0.2) is 0 Å². The summed E-state index contributed by atoms with van der Waals surface area (Å²) in [5, 5.41) is 18.5. The van der Waals surface area contributed by atoms with Crippen molar-refractivity contribution in [2.24, 2.45) is 0 Å². The Hall–Kier alpha value is -2.09.